The zero-order chi connectivity index (χ0) is 11.5. The first-order valence-electron chi connectivity index (χ1n) is 5.70. The number of nitrogens with one attached hydrogen (secondary N) is 1. The molecule has 1 saturated heterocycles. The normalized spacial score (nSPS) is 20.8. The van der Waals surface area contributed by atoms with Crippen LogP contribution >= 0.6 is 0 Å². The van der Waals surface area contributed by atoms with Crippen molar-refractivity contribution in [3.8, 4) is 5.75 Å². The molecular weight excluding hydrogens is 202 g/mol. The monoisotopic (exact) mass is 221 g/mol. The average molecular weight is 221 g/mol. The van der Waals surface area contributed by atoms with Gasteiger partial charge in [0.1, 0.15) is 5.75 Å². The smallest absolute Gasteiger partial charge is 0.125 e. The second kappa shape index (κ2) is 4.85. The zero-order valence-corrected chi connectivity index (χ0v) is 10.2. The Morgan fingerprint density at radius 3 is 2.69 bits per heavy atom. The second-order valence-corrected chi connectivity index (χ2v) is 4.24. The van der Waals surface area contributed by atoms with Crippen molar-refractivity contribution in [2.75, 3.05) is 26.8 Å². The van der Waals surface area contributed by atoms with Crippen LogP contribution in [0.1, 0.15) is 22.8 Å². The molecule has 16 heavy (non-hydrogen) atoms. The molecule has 1 atom stereocenters. The maximum absolute atomic E-state index is 5.76. The second-order valence-electron chi connectivity index (χ2n) is 4.24. The van der Waals surface area contributed by atoms with Crippen molar-refractivity contribution in [2.45, 2.75) is 20.0 Å². The van der Waals surface area contributed by atoms with Gasteiger partial charge in [-0.3, -0.25) is 0 Å². The SMILES string of the molecule is COc1cc(C)c(C)cc1C1CNCCO1. The molecule has 2 rings (SSSR count). The minimum Gasteiger partial charge on any atom is -0.496 e. The summed E-state index contributed by atoms with van der Waals surface area (Å²) in [4.78, 5) is 0. The third-order valence-corrected chi connectivity index (χ3v) is 3.12. The summed E-state index contributed by atoms with van der Waals surface area (Å²) in [6.07, 6.45) is 0.114. The summed E-state index contributed by atoms with van der Waals surface area (Å²) in [5.41, 5.74) is 3.69. The van der Waals surface area contributed by atoms with E-state index in [2.05, 4.69) is 31.3 Å². The number of methoxy groups -OCH3 is 1. The molecule has 0 amide bonds. The number of aryl methyl sites for hydroxylation is 2. The Balaban J connectivity index is 2.33. The van der Waals surface area contributed by atoms with E-state index in [-0.39, 0.29) is 6.10 Å². The van der Waals surface area contributed by atoms with E-state index in [0.29, 0.717) is 0 Å². The lowest BCUT2D eigenvalue weighted by atomic mass is 10.0. The summed E-state index contributed by atoms with van der Waals surface area (Å²) in [6, 6.07) is 4.26. The minimum atomic E-state index is 0.114. The number of morpholine rings is 1. The lowest BCUT2D eigenvalue weighted by Gasteiger charge is -2.26. The van der Waals surface area contributed by atoms with E-state index in [4.69, 9.17) is 9.47 Å². The number of ether oxygens (including phenoxy) is 2. The predicted octanol–water partition coefficient (Wildman–Crippen LogP) is 1.97. The summed E-state index contributed by atoms with van der Waals surface area (Å²) in [7, 11) is 1.71. The first kappa shape index (κ1) is 11.4. The minimum absolute atomic E-state index is 0.114. The average Bonchev–Trinajstić information content (AvgIpc) is 2.33. The Labute approximate surface area is 96.8 Å². The van der Waals surface area contributed by atoms with Gasteiger partial charge in [0, 0.05) is 18.7 Å². The van der Waals surface area contributed by atoms with Gasteiger partial charge < -0.3 is 14.8 Å². The lowest BCUT2D eigenvalue weighted by molar-refractivity contribution is 0.0262. The summed E-state index contributed by atoms with van der Waals surface area (Å²) in [5, 5.41) is 3.34. The molecule has 0 bridgehead atoms. The van der Waals surface area contributed by atoms with Crippen molar-refractivity contribution in [1.29, 1.82) is 0 Å². The van der Waals surface area contributed by atoms with Crippen molar-refractivity contribution in [3.63, 3.8) is 0 Å². The van der Waals surface area contributed by atoms with Crippen molar-refractivity contribution in [2.24, 2.45) is 0 Å². The molecule has 1 aromatic carbocycles. The molecule has 0 saturated carbocycles. The van der Waals surface area contributed by atoms with Crippen LogP contribution in [-0.4, -0.2) is 26.8 Å². The maximum atomic E-state index is 5.76. The van der Waals surface area contributed by atoms with Crippen LogP contribution in [0, 0.1) is 13.8 Å². The summed E-state index contributed by atoms with van der Waals surface area (Å²) >= 11 is 0. The molecule has 0 aromatic heterocycles. The van der Waals surface area contributed by atoms with Crippen LogP contribution in [0.2, 0.25) is 0 Å². The van der Waals surface area contributed by atoms with Crippen molar-refractivity contribution in [1.82, 2.24) is 5.32 Å². The molecule has 3 nitrogen and oxygen atoms in total. The van der Waals surface area contributed by atoms with E-state index in [1.807, 2.05) is 0 Å². The van der Waals surface area contributed by atoms with Crippen molar-refractivity contribution < 1.29 is 9.47 Å². The summed E-state index contributed by atoms with van der Waals surface area (Å²) in [5.74, 6) is 0.928. The maximum Gasteiger partial charge on any atom is 0.125 e. The fraction of sp³-hybridized carbons (Fsp3) is 0.538. The Kier molecular flexibility index (Phi) is 3.46. The van der Waals surface area contributed by atoms with Crippen LogP contribution in [0.5, 0.6) is 5.75 Å². The highest BCUT2D eigenvalue weighted by atomic mass is 16.5. The zero-order valence-electron chi connectivity index (χ0n) is 10.2. The largest absolute Gasteiger partial charge is 0.496 e. The van der Waals surface area contributed by atoms with Gasteiger partial charge in [-0.15, -0.1) is 0 Å². The highest BCUT2D eigenvalue weighted by Gasteiger charge is 2.20. The van der Waals surface area contributed by atoms with Crippen LogP contribution in [0.3, 0.4) is 0 Å². The van der Waals surface area contributed by atoms with E-state index < -0.39 is 0 Å². The molecular formula is C13H19NO2. The van der Waals surface area contributed by atoms with Crippen LogP contribution < -0.4 is 10.1 Å². The van der Waals surface area contributed by atoms with Gasteiger partial charge in [-0.2, -0.15) is 0 Å². The molecule has 0 aliphatic carbocycles. The first-order chi connectivity index (χ1) is 7.72. The molecule has 3 heteroatoms. The molecule has 0 spiro atoms. The van der Waals surface area contributed by atoms with Gasteiger partial charge in [-0.25, -0.2) is 0 Å². The van der Waals surface area contributed by atoms with Gasteiger partial charge in [-0.05, 0) is 37.1 Å². The molecule has 1 heterocycles. The van der Waals surface area contributed by atoms with E-state index in [1.54, 1.807) is 7.11 Å². The fourth-order valence-electron chi connectivity index (χ4n) is 2.01. The van der Waals surface area contributed by atoms with Gasteiger partial charge in [-0.1, -0.05) is 0 Å². The molecule has 0 radical (unpaired) electrons. The predicted molar refractivity (Wildman–Crippen MR) is 64.0 cm³/mol. The third kappa shape index (κ3) is 2.20. The van der Waals surface area contributed by atoms with Gasteiger partial charge in [0.25, 0.3) is 0 Å². The highest BCUT2D eigenvalue weighted by molar-refractivity contribution is 5.43. The Hall–Kier alpha value is -1.06. The lowest BCUT2D eigenvalue weighted by Crippen LogP contribution is -2.33. The topological polar surface area (TPSA) is 30.5 Å². The van der Waals surface area contributed by atoms with Crippen LogP contribution in [0.4, 0.5) is 0 Å². The number of hydrogen-bond acceptors (Lipinski definition) is 3. The van der Waals surface area contributed by atoms with Crippen molar-refractivity contribution >= 4 is 0 Å². The fourth-order valence-corrected chi connectivity index (χ4v) is 2.01. The van der Waals surface area contributed by atoms with E-state index in [1.165, 1.54) is 11.1 Å². The van der Waals surface area contributed by atoms with Crippen molar-refractivity contribution in [3.05, 3.63) is 28.8 Å². The molecule has 1 unspecified atom stereocenters. The summed E-state index contributed by atoms with van der Waals surface area (Å²) in [6.45, 7) is 6.78. The number of hydrogen-bond donors (Lipinski definition) is 1. The number of rotatable bonds is 2. The highest BCUT2D eigenvalue weighted by Crippen LogP contribution is 2.30. The van der Waals surface area contributed by atoms with Gasteiger partial charge in [0.2, 0.25) is 0 Å². The Morgan fingerprint density at radius 1 is 1.31 bits per heavy atom. The summed E-state index contributed by atoms with van der Waals surface area (Å²) < 4.78 is 11.2. The molecule has 1 fully saturated rings. The quantitative estimate of drug-likeness (QED) is 0.828. The molecule has 88 valence electrons. The van der Waals surface area contributed by atoms with Gasteiger partial charge in [0.05, 0.1) is 19.8 Å². The molecule has 1 N–H and O–H groups in total. The van der Waals surface area contributed by atoms with Crippen LogP contribution in [0.25, 0.3) is 0 Å². The third-order valence-electron chi connectivity index (χ3n) is 3.12. The Morgan fingerprint density at radius 2 is 2.06 bits per heavy atom. The standard InChI is InChI=1S/C13H19NO2/c1-9-6-11(12(15-3)7-10(9)2)13-8-14-4-5-16-13/h6-7,13-14H,4-5,8H2,1-3H3. The molecule has 1 aromatic rings. The van der Waals surface area contributed by atoms with Gasteiger partial charge in [0.15, 0.2) is 0 Å². The molecule has 1 aliphatic rings. The molecule has 1 aliphatic heterocycles. The number of benzene rings is 1. The van der Waals surface area contributed by atoms with E-state index >= 15 is 0 Å². The van der Waals surface area contributed by atoms with E-state index in [0.717, 1.165) is 31.0 Å². The first-order valence-corrected chi connectivity index (χ1v) is 5.70. The van der Waals surface area contributed by atoms with Crippen LogP contribution in [0.15, 0.2) is 12.1 Å². The van der Waals surface area contributed by atoms with E-state index in [9.17, 15) is 0 Å². The Bertz CT molecular complexity index is 370. The van der Waals surface area contributed by atoms with Crippen LogP contribution in [-0.2, 0) is 4.74 Å². The van der Waals surface area contributed by atoms with Gasteiger partial charge >= 0.3 is 0 Å².